The van der Waals surface area contributed by atoms with Crippen molar-refractivity contribution in [3.05, 3.63) is 0 Å². The molecule has 0 aromatic carbocycles. The molecular weight excluding hydrogens is 276 g/mol. The minimum absolute atomic E-state index is 0.194. The molecule has 1 fully saturated rings. The summed E-state index contributed by atoms with van der Waals surface area (Å²) in [6.07, 6.45) is 9.17. The van der Waals surface area contributed by atoms with Gasteiger partial charge in [-0.15, -0.1) is 12.3 Å². The number of terminal acetylenes is 1. The van der Waals surface area contributed by atoms with Crippen molar-refractivity contribution in [2.24, 2.45) is 5.92 Å². The van der Waals surface area contributed by atoms with Gasteiger partial charge in [-0.05, 0) is 52.9 Å². The molecule has 0 saturated carbocycles. The summed E-state index contributed by atoms with van der Waals surface area (Å²) in [4.78, 5) is 14.1. The lowest BCUT2D eigenvalue weighted by molar-refractivity contribution is 0.0146. The average molecular weight is 308 g/mol. The standard InChI is InChI=1S/C18H32N2O2/c1-7-10-16(8-2)19-14(3)15-11-9-12-20(13-15)17(21)22-18(4,5)6/h1,14-16,19H,8-13H2,2-6H3. The molecule has 1 amide bonds. The highest BCUT2D eigenvalue weighted by atomic mass is 16.6. The third-order valence-corrected chi connectivity index (χ3v) is 4.17. The van der Waals surface area contributed by atoms with Crippen molar-refractivity contribution in [2.75, 3.05) is 13.1 Å². The molecule has 0 aromatic heterocycles. The molecule has 1 N–H and O–H groups in total. The molecule has 126 valence electrons. The number of hydrogen-bond donors (Lipinski definition) is 1. The minimum Gasteiger partial charge on any atom is -0.444 e. The Morgan fingerprint density at radius 3 is 2.73 bits per heavy atom. The molecule has 1 heterocycles. The lowest BCUT2D eigenvalue weighted by atomic mass is 9.91. The van der Waals surface area contributed by atoms with Crippen molar-refractivity contribution < 1.29 is 9.53 Å². The number of nitrogens with one attached hydrogen (secondary N) is 1. The summed E-state index contributed by atoms with van der Waals surface area (Å²) in [6, 6.07) is 0.709. The second kappa shape index (κ2) is 8.43. The number of carbonyl (C=O) groups is 1. The second-order valence-electron chi connectivity index (χ2n) is 7.30. The Labute approximate surface area is 136 Å². The lowest BCUT2D eigenvalue weighted by Gasteiger charge is -2.37. The van der Waals surface area contributed by atoms with Gasteiger partial charge in [0.25, 0.3) is 0 Å². The highest BCUT2D eigenvalue weighted by molar-refractivity contribution is 5.68. The van der Waals surface area contributed by atoms with Gasteiger partial charge >= 0.3 is 6.09 Å². The highest BCUT2D eigenvalue weighted by Gasteiger charge is 2.30. The zero-order chi connectivity index (χ0) is 16.8. The predicted octanol–water partition coefficient (Wildman–Crippen LogP) is 3.41. The topological polar surface area (TPSA) is 41.6 Å². The van der Waals surface area contributed by atoms with Gasteiger partial charge in [0.2, 0.25) is 0 Å². The molecular formula is C18H32N2O2. The number of likely N-dealkylation sites (tertiary alicyclic amines) is 1. The van der Waals surface area contributed by atoms with Crippen LogP contribution in [-0.2, 0) is 4.74 Å². The quantitative estimate of drug-likeness (QED) is 0.791. The van der Waals surface area contributed by atoms with Crippen molar-refractivity contribution in [1.29, 1.82) is 0 Å². The molecule has 1 aliphatic heterocycles. The van der Waals surface area contributed by atoms with E-state index in [1.165, 1.54) is 0 Å². The van der Waals surface area contributed by atoms with E-state index in [1.807, 2.05) is 25.7 Å². The SMILES string of the molecule is C#CCC(CC)NC(C)C1CCCN(C(=O)OC(C)(C)C)C1. The van der Waals surface area contributed by atoms with Crippen LogP contribution in [-0.4, -0.2) is 41.8 Å². The van der Waals surface area contributed by atoms with Crippen LogP contribution in [0.4, 0.5) is 4.79 Å². The highest BCUT2D eigenvalue weighted by Crippen LogP contribution is 2.22. The Kier molecular flexibility index (Phi) is 7.22. The molecule has 0 radical (unpaired) electrons. The molecule has 4 nitrogen and oxygen atoms in total. The van der Waals surface area contributed by atoms with E-state index in [4.69, 9.17) is 11.2 Å². The van der Waals surface area contributed by atoms with E-state index in [9.17, 15) is 4.79 Å². The van der Waals surface area contributed by atoms with Gasteiger partial charge in [0.05, 0.1) is 0 Å². The Morgan fingerprint density at radius 1 is 1.50 bits per heavy atom. The van der Waals surface area contributed by atoms with Gasteiger partial charge in [-0.2, -0.15) is 0 Å². The van der Waals surface area contributed by atoms with Crippen LogP contribution in [0.25, 0.3) is 0 Å². The van der Waals surface area contributed by atoms with Gasteiger partial charge in [-0.3, -0.25) is 0 Å². The zero-order valence-corrected chi connectivity index (χ0v) is 14.8. The van der Waals surface area contributed by atoms with Crippen LogP contribution >= 0.6 is 0 Å². The zero-order valence-electron chi connectivity index (χ0n) is 14.8. The van der Waals surface area contributed by atoms with E-state index < -0.39 is 5.60 Å². The molecule has 1 saturated heterocycles. The first-order valence-electron chi connectivity index (χ1n) is 8.44. The first kappa shape index (κ1) is 18.8. The van der Waals surface area contributed by atoms with Crippen LogP contribution in [0.15, 0.2) is 0 Å². The summed E-state index contributed by atoms with van der Waals surface area (Å²) < 4.78 is 5.49. The average Bonchev–Trinajstić information content (AvgIpc) is 2.45. The largest absolute Gasteiger partial charge is 0.444 e. The van der Waals surface area contributed by atoms with Crippen LogP contribution in [0.5, 0.6) is 0 Å². The van der Waals surface area contributed by atoms with Gasteiger partial charge in [0.15, 0.2) is 0 Å². The fourth-order valence-electron chi connectivity index (χ4n) is 2.88. The maximum Gasteiger partial charge on any atom is 0.410 e. The third kappa shape index (κ3) is 6.27. The first-order valence-corrected chi connectivity index (χ1v) is 8.44. The van der Waals surface area contributed by atoms with E-state index in [-0.39, 0.29) is 6.09 Å². The summed E-state index contributed by atoms with van der Waals surface area (Å²) in [5, 5.41) is 3.62. The molecule has 4 heteroatoms. The summed E-state index contributed by atoms with van der Waals surface area (Å²) in [5.41, 5.74) is -0.437. The van der Waals surface area contributed by atoms with E-state index in [0.29, 0.717) is 18.0 Å². The number of rotatable bonds is 5. The molecule has 3 unspecified atom stereocenters. The second-order valence-corrected chi connectivity index (χ2v) is 7.30. The summed E-state index contributed by atoms with van der Waals surface area (Å²) in [6.45, 7) is 11.6. The van der Waals surface area contributed by atoms with Gasteiger partial charge in [0.1, 0.15) is 5.60 Å². The first-order chi connectivity index (χ1) is 10.3. The molecule has 0 bridgehead atoms. The molecule has 0 spiro atoms. The monoisotopic (exact) mass is 308 g/mol. The smallest absolute Gasteiger partial charge is 0.410 e. The van der Waals surface area contributed by atoms with Crippen LogP contribution in [0.3, 0.4) is 0 Å². The molecule has 0 aliphatic carbocycles. The number of carbonyl (C=O) groups excluding carboxylic acids is 1. The number of nitrogens with zero attached hydrogens (tertiary/aromatic N) is 1. The van der Waals surface area contributed by atoms with Crippen LogP contribution in [0.1, 0.15) is 60.3 Å². The Morgan fingerprint density at radius 2 is 2.18 bits per heavy atom. The molecule has 1 rings (SSSR count). The summed E-state index contributed by atoms with van der Waals surface area (Å²) >= 11 is 0. The van der Waals surface area contributed by atoms with Crippen molar-refractivity contribution in [2.45, 2.75) is 78.0 Å². The van der Waals surface area contributed by atoms with E-state index in [0.717, 1.165) is 38.8 Å². The normalized spacial score (nSPS) is 21.8. The van der Waals surface area contributed by atoms with Crippen molar-refractivity contribution >= 4 is 6.09 Å². The van der Waals surface area contributed by atoms with Crippen LogP contribution in [0.2, 0.25) is 0 Å². The van der Waals surface area contributed by atoms with Gasteiger partial charge < -0.3 is 15.0 Å². The van der Waals surface area contributed by atoms with E-state index >= 15 is 0 Å². The molecule has 0 aromatic rings. The van der Waals surface area contributed by atoms with E-state index in [2.05, 4.69) is 25.1 Å². The third-order valence-electron chi connectivity index (χ3n) is 4.17. The Bertz CT molecular complexity index is 395. The predicted molar refractivity (Wildman–Crippen MR) is 90.7 cm³/mol. The van der Waals surface area contributed by atoms with Crippen molar-refractivity contribution in [1.82, 2.24) is 10.2 Å². The number of hydrogen-bond acceptors (Lipinski definition) is 3. The maximum atomic E-state index is 12.2. The summed E-state index contributed by atoms with van der Waals surface area (Å²) in [7, 11) is 0. The molecule has 3 atom stereocenters. The fraction of sp³-hybridized carbons (Fsp3) is 0.833. The van der Waals surface area contributed by atoms with E-state index in [1.54, 1.807) is 0 Å². The van der Waals surface area contributed by atoms with Gasteiger partial charge in [-0.25, -0.2) is 4.79 Å². The van der Waals surface area contributed by atoms with Crippen molar-refractivity contribution in [3.63, 3.8) is 0 Å². The summed E-state index contributed by atoms with van der Waals surface area (Å²) in [5.74, 6) is 3.18. The molecule has 1 aliphatic rings. The number of piperidine rings is 1. The van der Waals surface area contributed by atoms with Crippen LogP contribution < -0.4 is 5.32 Å². The fourth-order valence-corrected chi connectivity index (χ4v) is 2.88. The Balaban J connectivity index is 2.55. The maximum absolute atomic E-state index is 12.2. The molecule has 22 heavy (non-hydrogen) atoms. The van der Waals surface area contributed by atoms with Gasteiger partial charge in [-0.1, -0.05) is 6.92 Å². The lowest BCUT2D eigenvalue weighted by Crippen LogP contribution is -2.49. The minimum atomic E-state index is -0.437. The van der Waals surface area contributed by atoms with Gasteiger partial charge in [0, 0.05) is 31.6 Å². The number of amides is 1. The number of ether oxygens (including phenoxy) is 1. The van der Waals surface area contributed by atoms with Crippen molar-refractivity contribution in [3.8, 4) is 12.3 Å². The van der Waals surface area contributed by atoms with Crippen LogP contribution in [0, 0.1) is 18.3 Å². The Hall–Kier alpha value is -1.21.